The van der Waals surface area contributed by atoms with E-state index in [1.165, 1.54) is 41.2 Å². The number of aryl methyl sites for hydroxylation is 1. The Morgan fingerprint density at radius 1 is 1.00 bits per heavy atom. The SMILES string of the molecule is CCc1cccc(CNC[C@H](O)[C@H](Cc2cc(F)cc(F)c2)NC(=O)c2ccc(N(CCOC)S(C)(=O)=O)cc2)c1. The first-order chi connectivity index (χ1) is 19.5. The number of amides is 1. The van der Waals surface area contributed by atoms with E-state index in [1.807, 2.05) is 18.2 Å². The zero-order valence-electron chi connectivity index (χ0n) is 23.4. The molecule has 0 saturated carbocycles. The van der Waals surface area contributed by atoms with E-state index in [0.717, 1.165) is 36.4 Å². The standard InChI is InChI=1S/C30H37F2N3O5S/c1-4-21-6-5-7-22(14-21)19-33-20-29(36)28(17-23-15-25(31)18-26(32)16-23)34-30(37)24-8-10-27(11-9-24)35(12-13-40-2)41(3,38)39/h5-11,14-16,18,28-29,33,36H,4,12-13,17,19-20H2,1-3H3,(H,34,37)/t28-,29-/m0/s1. The zero-order chi connectivity index (χ0) is 30.0. The van der Waals surface area contributed by atoms with Crippen molar-refractivity contribution in [3.05, 3.63) is 101 Å². The van der Waals surface area contributed by atoms with E-state index >= 15 is 0 Å². The highest BCUT2D eigenvalue weighted by atomic mass is 32.2. The van der Waals surface area contributed by atoms with Crippen LogP contribution in [0.4, 0.5) is 14.5 Å². The summed E-state index contributed by atoms with van der Waals surface area (Å²) in [7, 11) is -2.11. The van der Waals surface area contributed by atoms with Gasteiger partial charge in [-0.05, 0) is 65.9 Å². The number of hydrogen-bond acceptors (Lipinski definition) is 6. The van der Waals surface area contributed by atoms with E-state index in [9.17, 15) is 27.1 Å². The molecule has 222 valence electrons. The van der Waals surface area contributed by atoms with Gasteiger partial charge in [-0.25, -0.2) is 17.2 Å². The van der Waals surface area contributed by atoms with Crippen LogP contribution in [0.2, 0.25) is 0 Å². The number of hydrogen-bond donors (Lipinski definition) is 3. The molecule has 3 aromatic rings. The third kappa shape index (κ3) is 9.89. The van der Waals surface area contributed by atoms with Crippen molar-refractivity contribution in [3.63, 3.8) is 0 Å². The second kappa shape index (κ2) is 15.0. The molecule has 0 bridgehead atoms. The van der Waals surface area contributed by atoms with Crippen molar-refractivity contribution in [1.29, 1.82) is 0 Å². The van der Waals surface area contributed by atoms with Crippen molar-refractivity contribution in [2.45, 2.75) is 38.5 Å². The van der Waals surface area contributed by atoms with E-state index in [2.05, 4.69) is 23.6 Å². The van der Waals surface area contributed by atoms with Gasteiger partial charge in [-0.15, -0.1) is 0 Å². The van der Waals surface area contributed by atoms with E-state index in [-0.39, 0.29) is 37.2 Å². The number of methoxy groups -OCH3 is 1. The second-order valence-corrected chi connectivity index (χ2v) is 11.7. The first-order valence-corrected chi connectivity index (χ1v) is 15.1. The van der Waals surface area contributed by atoms with Gasteiger partial charge >= 0.3 is 0 Å². The van der Waals surface area contributed by atoms with Gasteiger partial charge in [0.1, 0.15) is 11.6 Å². The van der Waals surface area contributed by atoms with Crippen LogP contribution in [-0.2, 0) is 34.1 Å². The van der Waals surface area contributed by atoms with Crippen LogP contribution in [-0.4, -0.2) is 64.6 Å². The van der Waals surface area contributed by atoms with Gasteiger partial charge in [0.25, 0.3) is 5.91 Å². The molecule has 11 heteroatoms. The van der Waals surface area contributed by atoms with Gasteiger partial charge in [0.2, 0.25) is 10.0 Å². The van der Waals surface area contributed by atoms with Crippen LogP contribution in [0.15, 0.2) is 66.7 Å². The highest BCUT2D eigenvalue weighted by Crippen LogP contribution is 2.19. The lowest BCUT2D eigenvalue weighted by Gasteiger charge is -2.25. The number of halogens is 2. The Kier molecular flexibility index (Phi) is 11.8. The number of carbonyl (C=O) groups excluding carboxylic acids is 1. The first-order valence-electron chi connectivity index (χ1n) is 13.3. The fourth-order valence-electron chi connectivity index (χ4n) is 4.42. The smallest absolute Gasteiger partial charge is 0.251 e. The highest BCUT2D eigenvalue weighted by Gasteiger charge is 2.24. The van der Waals surface area contributed by atoms with Crippen molar-refractivity contribution >= 4 is 21.6 Å². The summed E-state index contributed by atoms with van der Waals surface area (Å²) in [6.07, 6.45) is 0.869. The molecule has 0 aliphatic carbocycles. The molecule has 41 heavy (non-hydrogen) atoms. The average Bonchev–Trinajstić information content (AvgIpc) is 2.92. The maximum absolute atomic E-state index is 13.9. The topological polar surface area (TPSA) is 108 Å². The third-order valence-corrected chi connectivity index (χ3v) is 7.75. The number of nitrogens with zero attached hydrogens (tertiary/aromatic N) is 1. The summed E-state index contributed by atoms with van der Waals surface area (Å²) in [6.45, 7) is 2.96. The molecule has 0 radical (unpaired) electrons. The van der Waals surface area contributed by atoms with Crippen molar-refractivity contribution in [2.75, 3.05) is 37.4 Å². The molecule has 0 fully saturated rings. The van der Waals surface area contributed by atoms with Crippen LogP contribution >= 0.6 is 0 Å². The molecule has 3 rings (SSSR count). The highest BCUT2D eigenvalue weighted by molar-refractivity contribution is 7.92. The molecule has 0 saturated heterocycles. The number of benzene rings is 3. The molecule has 8 nitrogen and oxygen atoms in total. The molecule has 3 aromatic carbocycles. The van der Waals surface area contributed by atoms with Gasteiger partial charge in [0.05, 0.1) is 37.2 Å². The van der Waals surface area contributed by atoms with Crippen LogP contribution in [0, 0.1) is 11.6 Å². The Morgan fingerprint density at radius 3 is 2.27 bits per heavy atom. The van der Waals surface area contributed by atoms with Crippen molar-refractivity contribution < 1.29 is 31.8 Å². The molecule has 3 N–H and O–H groups in total. The summed E-state index contributed by atoms with van der Waals surface area (Å²) >= 11 is 0. The fourth-order valence-corrected chi connectivity index (χ4v) is 5.33. The maximum atomic E-state index is 13.9. The quantitative estimate of drug-likeness (QED) is 0.251. The minimum Gasteiger partial charge on any atom is -0.390 e. The summed E-state index contributed by atoms with van der Waals surface area (Å²) in [5.41, 5.74) is 3.09. The number of ether oxygens (including phenoxy) is 1. The Balaban J connectivity index is 1.75. The number of sulfonamides is 1. The molecule has 0 aromatic heterocycles. The molecule has 0 spiro atoms. The van der Waals surface area contributed by atoms with Gasteiger partial charge < -0.3 is 20.5 Å². The van der Waals surface area contributed by atoms with E-state index < -0.39 is 39.7 Å². The van der Waals surface area contributed by atoms with E-state index in [4.69, 9.17) is 4.74 Å². The second-order valence-electron chi connectivity index (χ2n) is 9.81. The molecule has 0 aliphatic rings. The number of rotatable bonds is 15. The van der Waals surface area contributed by atoms with Crippen LogP contribution in [0.1, 0.15) is 34.0 Å². The average molecular weight is 590 g/mol. The largest absolute Gasteiger partial charge is 0.390 e. The minimum atomic E-state index is -3.58. The van der Waals surface area contributed by atoms with Crippen molar-refractivity contribution in [1.82, 2.24) is 10.6 Å². The molecule has 0 heterocycles. The Labute approximate surface area is 240 Å². The first kappa shape index (κ1) is 32.1. The van der Waals surface area contributed by atoms with Crippen molar-refractivity contribution in [2.24, 2.45) is 0 Å². The Hall–Kier alpha value is -3.38. The predicted molar refractivity (Wildman–Crippen MR) is 155 cm³/mol. The number of aliphatic hydroxyl groups excluding tert-OH is 1. The minimum absolute atomic E-state index is 0.0223. The predicted octanol–water partition coefficient (Wildman–Crippen LogP) is 3.43. The fraction of sp³-hybridized carbons (Fsp3) is 0.367. The zero-order valence-corrected chi connectivity index (χ0v) is 24.3. The molecule has 1 amide bonds. The lowest BCUT2D eigenvalue weighted by molar-refractivity contribution is 0.0830. The van der Waals surface area contributed by atoms with E-state index in [0.29, 0.717) is 12.2 Å². The summed E-state index contributed by atoms with van der Waals surface area (Å²) < 4.78 is 58.3. The number of anilines is 1. The molecule has 2 atom stereocenters. The summed E-state index contributed by atoms with van der Waals surface area (Å²) in [6, 6.07) is 16.2. The number of aliphatic hydroxyl groups is 1. The molecule has 0 aliphatic heterocycles. The van der Waals surface area contributed by atoms with Gasteiger partial charge in [0, 0.05) is 31.8 Å². The summed E-state index contributed by atoms with van der Waals surface area (Å²) in [5, 5.41) is 17.0. The lowest BCUT2D eigenvalue weighted by Crippen LogP contribution is -2.48. The van der Waals surface area contributed by atoms with Crippen LogP contribution in [0.25, 0.3) is 0 Å². The Bertz CT molecular complexity index is 1380. The monoisotopic (exact) mass is 589 g/mol. The number of carbonyl (C=O) groups is 1. The summed E-state index contributed by atoms with van der Waals surface area (Å²) in [5.74, 6) is -2.04. The van der Waals surface area contributed by atoms with Crippen LogP contribution in [0.5, 0.6) is 0 Å². The number of nitrogens with one attached hydrogen (secondary N) is 2. The van der Waals surface area contributed by atoms with Gasteiger partial charge in [-0.1, -0.05) is 31.2 Å². The van der Waals surface area contributed by atoms with E-state index in [1.54, 1.807) is 0 Å². The van der Waals surface area contributed by atoms with Gasteiger partial charge in [-0.3, -0.25) is 9.10 Å². The normalized spacial score (nSPS) is 13.0. The molecule has 0 unspecified atom stereocenters. The summed E-state index contributed by atoms with van der Waals surface area (Å²) in [4.78, 5) is 13.2. The van der Waals surface area contributed by atoms with Crippen LogP contribution in [0.3, 0.4) is 0 Å². The Morgan fingerprint density at radius 2 is 1.66 bits per heavy atom. The van der Waals surface area contributed by atoms with Crippen molar-refractivity contribution in [3.8, 4) is 0 Å². The molecular formula is C30H37F2N3O5S. The lowest BCUT2D eigenvalue weighted by atomic mass is 10.00. The van der Waals surface area contributed by atoms with Gasteiger partial charge in [0.15, 0.2) is 0 Å². The van der Waals surface area contributed by atoms with Gasteiger partial charge in [-0.2, -0.15) is 0 Å². The molecular weight excluding hydrogens is 552 g/mol. The maximum Gasteiger partial charge on any atom is 0.251 e. The third-order valence-electron chi connectivity index (χ3n) is 6.56. The van der Waals surface area contributed by atoms with Crippen LogP contribution < -0.4 is 14.9 Å².